The van der Waals surface area contributed by atoms with E-state index in [0.717, 1.165) is 23.9 Å². The van der Waals surface area contributed by atoms with Gasteiger partial charge in [-0.2, -0.15) is 0 Å². The summed E-state index contributed by atoms with van der Waals surface area (Å²) in [5.74, 6) is 0. The van der Waals surface area contributed by atoms with Crippen LogP contribution in [0.5, 0.6) is 0 Å². The van der Waals surface area contributed by atoms with Gasteiger partial charge in [-0.3, -0.25) is 0 Å². The molecule has 0 atom stereocenters. The van der Waals surface area contributed by atoms with Crippen molar-refractivity contribution in [1.82, 2.24) is 9.55 Å². The summed E-state index contributed by atoms with van der Waals surface area (Å²) in [5, 5.41) is 1.97. The van der Waals surface area contributed by atoms with Gasteiger partial charge in [-0.15, -0.1) is 0 Å². The Bertz CT molecular complexity index is 974. The van der Waals surface area contributed by atoms with Gasteiger partial charge in [-0.1, -0.05) is 18.6 Å². The van der Waals surface area contributed by atoms with Gasteiger partial charge >= 0.3 is 0 Å². The lowest BCUT2D eigenvalue weighted by molar-refractivity contribution is 0.523. The first-order chi connectivity index (χ1) is 12.7. The Balaban J connectivity index is 1.60. The molecule has 5 rings (SSSR count). The van der Waals surface area contributed by atoms with Crippen molar-refractivity contribution in [3.05, 3.63) is 42.2 Å². The molecule has 2 aliphatic rings. The lowest BCUT2D eigenvalue weighted by Gasteiger charge is -2.24. The maximum Gasteiger partial charge on any atom is 0.142 e. The maximum absolute atomic E-state index is 4.64. The number of hydrogen-bond donors (Lipinski definition) is 1. The van der Waals surface area contributed by atoms with E-state index in [1.54, 1.807) is 0 Å². The summed E-state index contributed by atoms with van der Waals surface area (Å²) in [7, 11) is 4.27. The van der Waals surface area contributed by atoms with Crippen LogP contribution in [-0.4, -0.2) is 28.4 Å². The Morgan fingerprint density at radius 2 is 2.08 bits per heavy atom. The fourth-order valence-electron chi connectivity index (χ4n) is 3.95. The predicted octanol–water partition coefficient (Wildman–Crippen LogP) is 4.85. The van der Waals surface area contributed by atoms with Gasteiger partial charge in [0.25, 0.3) is 0 Å². The zero-order valence-corrected chi connectivity index (χ0v) is 16.1. The molecule has 5 heteroatoms. The normalized spacial score (nSPS) is 16.8. The molecular formula is C21H24N4S. The highest BCUT2D eigenvalue weighted by Gasteiger charge is 2.21. The molecule has 3 heterocycles. The number of likely N-dealkylation sites (N-methyl/N-ethyl adjacent to an activating group) is 1. The van der Waals surface area contributed by atoms with Gasteiger partial charge < -0.3 is 14.2 Å². The summed E-state index contributed by atoms with van der Waals surface area (Å²) < 4.78 is 5.77. The van der Waals surface area contributed by atoms with Crippen LogP contribution >= 0.6 is 11.9 Å². The Labute approximate surface area is 158 Å². The van der Waals surface area contributed by atoms with Gasteiger partial charge in [-0.05, 0) is 54.5 Å². The number of nitrogens with one attached hydrogen (secondary N) is 1. The second kappa shape index (κ2) is 6.23. The van der Waals surface area contributed by atoms with E-state index in [-0.39, 0.29) is 0 Å². The van der Waals surface area contributed by atoms with E-state index in [0.29, 0.717) is 0 Å². The average Bonchev–Trinajstić information content (AvgIpc) is 3.15. The topological polar surface area (TPSA) is 33.1 Å². The molecule has 0 amide bonds. The molecule has 134 valence electrons. The molecule has 0 unspecified atom stereocenters. The van der Waals surface area contributed by atoms with Gasteiger partial charge in [0.05, 0.1) is 11.1 Å². The summed E-state index contributed by atoms with van der Waals surface area (Å²) in [6, 6.07) is 9.01. The Kier molecular flexibility index (Phi) is 3.85. The monoisotopic (exact) mass is 364 g/mol. The zero-order chi connectivity index (χ0) is 17.7. The predicted molar refractivity (Wildman–Crippen MR) is 112 cm³/mol. The van der Waals surface area contributed by atoms with Crippen molar-refractivity contribution in [1.29, 1.82) is 0 Å². The fraction of sp³-hybridized carbons (Fsp3) is 0.381. The number of rotatable bonds is 4. The second-order valence-electron chi connectivity index (χ2n) is 7.50. The van der Waals surface area contributed by atoms with E-state index in [9.17, 15) is 0 Å². The van der Waals surface area contributed by atoms with E-state index in [4.69, 9.17) is 0 Å². The van der Waals surface area contributed by atoms with Crippen molar-refractivity contribution < 1.29 is 0 Å². The number of nitrogens with zero attached hydrogens (tertiary/aromatic N) is 3. The van der Waals surface area contributed by atoms with Crippen molar-refractivity contribution in [2.24, 2.45) is 7.05 Å². The van der Waals surface area contributed by atoms with Crippen LogP contribution in [0.1, 0.15) is 24.8 Å². The molecule has 1 saturated carbocycles. The van der Waals surface area contributed by atoms with Crippen LogP contribution < -0.4 is 9.62 Å². The first-order valence-corrected chi connectivity index (χ1v) is 10.3. The van der Waals surface area contributed by atoms with E-state index in [1.807, 2.05) is 18.1 Å². The summed E-state index contributed by atoms with van der Waals surface area (Å²) in [5.41, 5.74) is 7.56. The third-order valence-electron chi connectivity index (χ3n) is 5.77. The van der Waals surface area contributed by atoms with Crippen LogP contribution in [0.3, 0.4) is 0 Å². The van der Waals surface area contributed by atoms with E-state index in [2.05, 4.69) is 63.7 Å². The van der Waals surface area contributed by atoms with Crippen molar-refractivity contribution in [3.63, 3.8) is 0 Å². The SMILES string of the molecule is CN1CCc2ccc(-c3cn(C)c4nccc(NSC5CCC5)c34)cc21. The quantitative estimate of drug-likeness (QED) is 0.671. The molecule has 4 nitrogen and oxygen atoms in total. The molecule has 0 bridgehead atoms. The lowest BCUT2D eigenvalue weighted by atomic mass is 10.0. The molecule has 3 aromatic rings. The van der Waals surface area contributed by atoms with Crippen LogP contribution in [-0.2, 0) is 13.5 Å². The van der Waals surface area contributed by atoms with Crippen molar-refractivity contribution >= 4 is 34.4 Å². The summed E-state index contributed by atoms with van der Waals surface area (Å²) >= 11 is 1.87. The van der Waals surface area contributed by atoms with Crippen LogP contribution in [0.15, 0.2) is 36.7 Å². The Morgan fingerprint density at radius 1 is 1.19 bits per heavy atom. The summed E-state index contributed by atoms with van der Waals surface area (Å²) in [4.78, 5) is 6.99. The fourth-order valence-corrected chi connectivity index (χ4v) is 4.98. The number of fused-ring (bicyclic) bond motifs is 2. The molecule has 0 saturated heterocycles. The van der Waals surface area contributed by atoms with E-state index in [1.165, 1.54) is 52.7 Å². The standard InChI is InChI=1S/C21H24N4S/c1-24-11-9-14-6-7-15(12-19(14)24)17-13-25(2)21-20(17)18(8-10-22-21)23-26-16-4-3-5-16/h6-8,10,12-13,16H,3-5,9,11H2,1-2H3,(H,22,23). The molecule has 1 aliphatic carbocycles. The number of pyridine rings is 1. The highest BCUT2D eigenvalue weighted by Crippen LogP contribution is 2.40. The van der Waals surface area contributed by atoms with Gasteiger partial charge in [0.15, 0.2) is 0 Å². The van der Waals surface area contributed by atoms with Gasteiger partial charge in [-0.25, -0.2) is 4.98 Å². The number of benzene rings is 1. The Hall–Kier alpha value is -2.14. The minimum atomic E-state index is 0.749. The highest BCUT2D eigenvalue weighted by atomic mass is 32.2. The molecule has 1 aromatic carbocycles. The van der Waals surface area contributed by atoms with E-state index >= 15 is 0 Å². The summed E-state index contributed by atoms with van der Waals surface area (Å²) in [6.45, 7) is 1.11. The minimum absolute atomic E-state index is 0.749. The molecule has 1 fully saturated rings. The number of anilines is 2. The van der Waals surface area contributed by atoms with E-state index < -0.39 is 0 Å². The molecule has 1 aliphatic heterocycles. The van der Waals surface area contributed by atoms with Crippen molar-refractivity contribution in [2.75, 3.05) is 23.2 Å². The number of hydrogen-bond acceptors (Lipinski definition) is 4. The first kappa shape index (κ1) is 16.1. The zero-order valence-electron chi connectivity index (χ0n) is 15.3. The largest absolute Gasteiger partial charge is 0.374 e. The van der Waals surface area contributed by atoms with Crippen LogP contribution in [0.2, 0.25) is 0 Å². The van der Waals surface area contributed by atoms with Crippen molar-refractivity contribution in [3.8, 4) is 11.1 Å². The highest BCUT2D eigenvalue weighted by molar-refractivity contribution is 8.01. The summed E-state index contributed by atoms with van der Waals surface area (Å²) in [6.07, 6.45) is 9.29. The second-order valence-corrected chi connectivity index (χ2v) is 8.61. The molecular weight excluding hydrogens is 340 g/mol. The van der Waals surface area contributed by atoms with Gasteiger partial charge in [0, 0.05) is 49.5 Å². The third-order valence-corrected chi connectivity index (χ3v) is 6.91. The molecule has 26 heavy (non-hydrogen) atoms. The van der Waals surface area contributed by atoms with Gasteiger partial charge in [0.1, 0.15) is 5.65 Å². The maximum atomic E-state index is 4.64. The first-order valence-electron chi connectivity index (χ1n) is 9.41. The molecule has 0 radical (unpaired) electrons. The third kappa shape index (κ3) is 2.57. The Morgan fingerprint density at radius 3 is 2.88 bits per heavy atom. The van der Waals surface area contributed by atoms with Gasteiger partial charge in [0.2, 0.25) is 0 Å². The molecule has 2 aromatic heterocycles. The molecule has 0 spiro atoms. The number of aromatic nitrogens is 2. The smallest absolute Gasteiger partial charge is 0.142 e. The minimum Gasteiger partial charge on any atom is -0.374 e. The van der Waals surface area contributed by atoms with Crippen molar-refractivity contribution in [2.45, 2.75) is 30.9 Å². The lowest BCUT2D eigenvalue weighted by Crippen LogP contribution is -2.15. The average molecular weight is 365 g/mol. The number of aryl methyl sites for hydroxylation is 1. The van der Waals surface area contributed by atoms with Crippen LogP contribution in [0, 0.1) is 0 Å². The van der Waals surface area contributed by atoms with Crippen LogP contribution in [0.4, 0.5) is 11.4 Å². The van der Waals surface area contributed by atoms with Crippen LogP contribution in [0.25, 0.3) is 22.2 Å². The molecule has 1 N–H and O–H groups in total.